The van der Waals surface area contributed by atoms with Crippen LogP contribution in [0.15, 0.2) is 60.7 Å². The number of carbonyl (C=O) groups is 2. The van der Waals surface area contributed by atoms with Crippen molar-refractivity contribution in [1.29, 1.82) is 0 Å². The monoisotopic (exact) mass is 405 g/mol. The SMILES string of the molecule is COc1ccc(N2CC(NC(=O)Nc3cccc4ccccc34)CC2=O)cc1OC. The summed E-state index contributed by atoms with van der Waals surface area (Å²) in [6.07, 6.45) is 0.233. The average Bonchev–Trinajstić information content (AvgIpc) is 3.13. The summed E-state index contributed by atoms with van der Waals surface area (Å²) in [5, 5.41) is 7.81. The Morgan fingerprint density at radius 2 is 1.77 bits per heavy atom. The molecule has 7 nitrogen and oxygen atoms in total. The van der Waals surface area contributed by atoms with Crippen LogP contribution < -0.4 is 25.0 Å². The van der Waals surface area contributed by atoms with Gasteiger partial charge in [0.25, 0.3) is 0 Å². The lowest BCUT2D eigenvalue weighted by Crippen LogP contribution is -2.39. The Bertz CT molecular complexity index is 1090. The van der Waals surface area contributed by atoms with E-state index in [0.29, 0.717) is 23.7 Å². The van der Waals surface area contributed by atoms with E-state index in [1.807, 2.05) is 42.5 Å². The summed E-state index contributed by atoms with van der Waals surface area (Å²) in [6, 6.07) is 18.3. The molecule has 7 heteroatoms. The van der Waals surface area contributed by atoms with Crippen LogP contribution in [0, 0.1) is 0 Å². The Morgan fingerprint density at radius 3 is 2.57 bits per heavy atom. The number of benzene rings is 3. The maximum absolute atomic E-state index is 12.6. The van der Waals surface area contributed by atoms with Crippen LogP contribution >= 0.6 is 0 Å². The number of fused-ring (bicyclic) bond motifs is 1. The Balaban J connectivity index is 1.44. The fourth-order valence-corrected chi connectivity index (χ4v) is 3.72. The van der Waals surface area contributed by atoms with Crippen molar-refractivity contribution in [2.45, 2.75) is 12.5 Å². The molecular weight excluding hydrogens is 382 g/mol. The summed E-state index contributed by atoms with van der Waals surface area (Å²) in [7, 11) is 3.11. The van der Waals surface area contributed by atoms with Gasteiger partial charge in [0.1, 0.15) is 0 Å². The highest BCUT2D eigenvalue weighted by Gasteiger charge is 2.32. The predicted octanol–water partition coefficient (Wildman–Crippen LogP) is 3.78. The predicted molar refractivity (Wildman–Crippen MR) is 116 cm³/mol. The molecule has 1 saturated heterocycles. The molecule has 1 fully saturated rings. The van der Waals surface area contributed by atoms with Gasteiger partial charge in [0.05, 0.1) is 25.9 Å². The molecule has 1 heterocycles. The lowest BCUT2D eigenvalue weighted by molar-refractivity contribution is -0.117. The van der Waals surface area contributed by atoms with E-state index >= 15 is 0 Å². The molecule has 30 heavy (non-hydrogen) atoms. The van der Waals surface area contributed by atoms with Crippen molar-refractivity contribution in [1.82, 2.24) is 5.32 Å². The molecule has 154 valence electrons. The Hall–Kier alpha value is -3.74. The Labute approximate surface area is 174 Å². The van der Waals surface area contributed by atoms with E-state index in [2.05, 4.69) is 10.6 Å². The third kappa shape index (κ3) is 3.87. The van der Waals surface area contributed by atoms with E-state index < -0.39 is 0 Å². The fraction of sp³-hybridized carbons (Fsp3) is 0.217. The zero-order valence-electron chi connectivity index (χ0n) is 16.8. The number of rotatable bonds is 5. The number of anilines is 2. The second kappa shape index (κ2) is 8.32. The van der Waals surface area contributed by atoms with Gasteiger partial charge in [-0.1, -0.05) is 36.4 Å². The molecular formula is C23H23N3O4. The van der Waals surface area contributed by atoms with Crippen LogP contribution in [0.5, 0.6) is 11.5 Å². The third-order valence-corrected chi connectivity index (χ3v) is 5.18. The second-order valence-electron chi connectivity index (χ2n) is 7.07. The highest BCUT2D eigenvalue weighted by molar-refractivity contribution is 6.02. The fourth-order valence-electron chi connectivity index (χ4n) is 3.72. The summed E-state index contributed by atoms with van der Waals surface area (Å²) in [5.74, 6) is 1.09. The minimum absolute atomic E-state index is 0.0577. The number of carbonyl (C=O) groups excluding carboxylic acids is 2. The van der Waals surface area contributed by atoms with Crippen molar-refractivity contribution in [3.8, 4) is 11.5 Å². The molecule has 3 amide bonds. The second-order valence-corrected chi connectivity index (χ2v) is 7.07. The van der Waals surface area contributed by atoms with Crippen molar-refractivity contribution in [2.75, 3.05) is 31.0 Å². The van der Waals surface area contributed by atoms with Crippen molar-refractivity contribution in [2.24, 2.45) is 0 Å². The zero-order valence-corrected chi connectivity index (χ0v) is 16.8. The van der Waals surface area contributed by atoms with Gasteiger partial charge in [-0.05, 0) is 23.6 Å². The van der Waals surface area contributed by atoms with Crippen molar-refractivity contribution >= 4 is 34.1 Å². The van der Waals surface area contributed by atoms with E-state index in [1.54, 1.807) is 37.3 Å². The summed E-state index contributed by atoms with van der Waals surface area (Å²) in [4.78, 5) is 26.7. The van der Waals surface area contributed by atoms with E-state index in [1.165, 1.54) is 0 Å². The molecule has 3 aromatic rings. The van der Waals surface area contributed by atoms with Gasteiger partial charge in [0.15, 0.2) is 11.5 Å². The van der Waals surface area contributed by atoms with Gasteiger partial charge in [0.2, 0.25) is 5.91 Å². The molecule has 0 bridgehead atoms. The normalized spacial score (nSPS) is 15.9. The van der Waals surface area contributed by atoms with Gasteiger partial charge in [-0.25, -0.2) is 4.79 Å². The first-order chi connectivity index (χ1) is 14.6. The van der Waals surface area contributed by atoms with Gasteiger partial charge in [0, 0.05) is 30.1 Å². The molecule has 0 aliphatic carbocycles. The minimum Gasteiger partial charge on any atom is -0.493 e. The number of ether oxygens (including phenoxy) is 2. The molecule has 0 aromatic heterocycles. The zero-order chi connectivity index (χ0) is 21.1. The Morgan fingerprint density at radius 1 is 1.00 bits per heavy atom. The maximum atomic E-state index is 12.6. The van der Waals surface area contributed by atoms with Crippen LogP contribution in [-0.2, 0) is 4.79 Å². The molecule has 0 spiro atoms. The molecule has 1 atom stereocenters. The number of urea groups is 1. The van der Waals surface area contributed by atoms with Crippen molar-refractivity contribution in [3.63, 3.8) is 0 Å². The van der Waals surface area contributed by atoms with Gasteiger partial charge >= 0.3 is 6.03 Å². The molecule has 1 aliphatic heterocycles. The van der Waals surface area contributed by atoms with Gasteiger partial charge in [-0.2, -0.15) is 0 Å². The summed E-state index contributed by atoms with van der Waals surface area (Å²) < 4.78 is 10.6. The largest absolute Gasteiger partial charge is 0.493 e. The van der Waals surface area contributed by atoms with Crippen LogP contribution in [0.1, 0.15) is 6.42 Å². The first kappa shape index (κ1) is 19.6. The lowest BCUT2D eigenvalue weighted by atomic mass is 10.1. The first-order valence-corrected chi connectivity index (χ1v) is 9.66. The van der Waals surface area contributed by atoms with E-state index in [9.17, 15) is 9.59 Å². The van der Waals surface area contributed by atoms with Crippen LogP contribution in [0.4, 0.5) is 16.2 Å². The summed E-state index contributed by atoms with van der Waals surface area (Å²) in [5.41, 5.74) is 1.43. The summed E-state index contributed by atoms with van der Waals surface area (Å²) >= 11 is 0. The third-order valence-electron chi connectivity index (χ3n) is 5.18. The number of nitrogens with one attached hydrogen (secondary N) is 2. The van der Waals surface area contributed by atoms with Crippen LogP contribution in [0.2, 0.25) is 0 Å². The summed E-state index contributed by atoms with van der Waals surface area (Å²) in [6.45, 7) is 0.386. The standard InChI is InChI=1S/C23H23N3O4/c1-29-20-11-10-17(13-21(20)30-2)26-14-16(12-22(26)27)24-23(28)25-19-9-5-7-15-6-3-4-8-18(15)19/h3-11,13,16H,12,14H2,1-2H3,(H2,24,25,28). The van der Waals surface area contributed by atoms with Crippen LogP contribution in [0.25, 0.3) is 10.8 Å². The highest BCUT2D eigenvalue weighted by atomic mass is 16.5. The maximum Gasteiger partial charge on any atom is 0.319 e. The highest BCUT2D eigenvalue weighted by Crippen LogP contribution is 2.33. The smallest absolute Gasteiger partial charge is 0.319 e. The quantitative estimate of drug-likeness (QED) is 0.677. The lowest BCUT2D eigenvalue weighted by Gasteiger charge is -2.19. The molecule has 3 aromatic carbocycles. The van der Waals surface area contributed by atoms with Gasteiger partial charge in [-0.3, -0.25) is 4.79 Å². The van der Waals surface area contributed by atoms with E-state index in [4.69, 9.17) is 9.47 Å². The minimum atomic E-state index is -0.335. The van der Waals surface area contributed by atoms with E-state index in [-0.39, 0.29) is 24.4 Å². The van der Waals surface area contributed by atoms with E-state index in [0.717, 1.165) is 16.5 Å². The first-order valence-electron chi connectivity index (χ1n) is 9.66. The molecule has 0 saturated carbocycles. The average molecular weight is 405 g/mol. The molecule has 0 radical (unpaired) electrons. The van der Waals surface area contributed by atoms with Crippen LogP contribution in [-0.4, -0.2) is 38.7 Å². The number of amides is 3. The molecule has 4 rings (SSSR count). The van der Waals surface area contributed by atoms with Gasteiger partial charge < -0.3 is 25.0 Å². The number of nitrogens with zero attached hydrogens (tertiary/aromatic N) is 1. The molecule has 1 unspecified atom stereocenters. The van der Waals surface area contributed by atoms with Crippen molar-refractivity contribution in [3.05, 3.63) is 60.7 Å². The Kier molecular flexibility index (Phi) is 5.43. The molecule has 1 aliphatic rings. The molecule has 2 N–H and O–H groups in total. The van der Waals surface area contributed by atoms with Gasteiger partial charge in [-0.15, -0.1) is 0 Å². The van der Waals surface area contributed by atoms with Crippen LogP contribution in [0.3, 0.4) is 0 Å². The van der Waals surface area contributed by atoms with Crippen molar-refractivity contribution < 1.29 is 19.1 Å². The number of hydrogen-bond acceptors (Lipinski definition) is 4. The number of methoxy groups -OCH3 is 2. The number of hydrogen-bond donors (Lipinski definition) is 2. The topological polar surface area (TPSA) is 79.9 Å².